The molecule has 1 rings (SSSR count). The van der Waals surface area contributed by atoms with Crippen molar-refractivity contribution >= 4 is 5.82 Å². The van der Waals surface area contributed by atoms with Crippen LogP contribution in [0.1, 0.15) is 19.4 Å². The molecular formula is C13H21N3. The Morgan fingerprint density at radius 1 is 1.50 bits per heavy atom. The molecule has 0 unspecified atom stereocenters. The van der Waals surface area contributed by atoms with E-state index in [0.717, 1.165) is 31.0 Å². The first-order valence-corrected chi connectivity index (χ1v) is 5.64. The molecule has 0 saturated carbocycles. The molecule has 0 bridgehead atoms. The molecule has 3 heteroatoms. The van der Waals surface area contributed by atoms with Crippen LogP contribution in [0.3, 0.4) is 0 Å². The third-order valence-corrected chi connectivity index (χ3v) is 2.29. The summed E-state index contributed by atoms with van der Waals surface area (Å²) >= 11 is 0. The Labute approximate surface area is 98.2 Å². The summed E-state index contributed by atoms with van der Waals surface area (Å²) < 4.78 is 0. The maximum Gasteiger partial charge on any atom is 0.128 e. The minimum atomic E-state index is 0.847. The van der Waals surface area contributed by atoms with Crippen molar-refractivity contribution in [3.8, 4) is 0 Å². The normalized spacial score (nSPS) is 10.2. The van der Waals surface area contributed by atoms with Gasteiger partial charge in [-0.1, -0.05) is 25.1 Å². The Hall–Kier alpha value is -1.35. The fourth-order valence-electron chi connectivity index (χ4n) is 1.50. The van der Waals surface area contributed by atoms with E-state index in [9.17, 15) is 0 Å². The minimum absolute atomic E-state index is 0.847. The van der Waals surface area contributed by atoms with Crippen LogP contribution in [-0.2, 0) is 6.54 Å². The molecule has 0 saturated heterocycles. The predicted molar refractivity (Wildman–Crippen MR) is 69.7 cm³/mol. The van der Waals surface area contributed by atoms with Gasteiger partial charge in [-0.2, -0.15) is 0 Å². The molecule has 0 aliphatic rings. The number of aromatic nitrogens is 1. The molecule has 0 aliphatic carbocycles. The van der Waals surface area contributed by atoms with Crippen molar-refractivity contribution < 1.29 is 0 Å². The Bertz CT molecular complexity index is 330. The molecule has 1 aromatic heterocycles. The zero-order valence-electron chi connectivity index (χ0n) is 10.5. The number of hydrogen-bond acceptors (Lipinski definition) is 3. The summed E-state index contributed by atoms with van der Waals surface area (Å²) in [5.74, 6) is 0.989. The van der Waals surface area contributed by atoms with E-state index >= 15 is 0 Å². The van der Waals surface area contributed by atoms with E-state index < -0.39 is 0 Å². The first kappa shape index (κ1) is 12.7. The second-order valence-electron chi connectivity index (χ2n) is 4.12. The maximum absolute atomic E-state index is 4.43. The van der Waals surface area contributed by atoms with Gasteiger partial charge in [0.1, 0.15) is 5.82 Å². The van der Waals surface area contributed by atoms with Crippen LogP contribution in [0, 0.1) is 0 Å². The third-order valence-electron chi connectivity index (χ3n) is 2.29. The van der Waals surface area contributed by atoms with Crippen LogP contribution in [0.2, 0.25) is 0 Å². The van der Waals surface area contributed by atoms with Crippen molar-refractivity contribution in [2.24, 2.45) is 0 Å². The largest absolute Gasteiger partial charge is 0.356 e. The van der Waals surface area contributed by atoms with Gasteiger partial charge >= 0.3 is 0 Å². The number of nitrogens with zero attached hydrogens (tertiary/aromatic N) is 2. The van der Waals surface area contributed by atoms with E-state index in [1.165, 1.54) is 5.56 Å². The highest BCUT2D eigenvalue weighted by molar-refractivity contribution is 5.39. The van der Waals surface area contributed by atoms with Gasteiger partial charge in [-0.25, -0.2) is 4.98 Å². The van der Waals surface area contributed by atoms with Gasteiger partial charge < -0.3 is 10.2 Å². The molecule has 16 heavy (non-hydrogen) atoms. The lowest BCUT2D eigenvalue weighted by atomic mass is 10.2. The van der Waals surface area contributed by atoms with Gasteiger partial charge in [0.25, 0.3) is 0 Å². The average molecular weight is 219 g/mol. The lowest BCUT2D eigenvalue weighted by Crippen LogP contribution is -2.20. The van der Waals surface area contributed by atoms with Gasteiger partial charge in [0.2, 0.25) is 0 Å². The molecule has 0 atom stereocenters. The Morgan fingerprint density at radius 2 is 2.25 bits per heavy atom. The fourth-order valence-corrected chi connectivity index (χ4v) is 1.50. The van der Waals surface area contributed by atoms with Crippen LogP contribution < -0.4 is 10.2 Å². The van der Waals surface area contributed by atoms with Crippen molar-refractivity contribution in [3.63, 3.8) is 0 Å². The van der Waals surface area contributed by atoms with Crippen molar-refractivity contribution in [1.82, 2.24) is 10.3 Å². The summed E-state index contributed by atoms with van der Waals surface area (Å²) in [6.45, 7) is 10.7. The van der Waals surface area contributed by atoms with Gasteiger partial charge in [-0.05, 0) is 25.1 Å². The summed E-state index contributed by atoms with van der Waals surface area (Å²) in [5, 5.41) is 3.28. The highest BCUT2D eigenvalue weighted by Crippen LogP contribution is 2.10. The lowest BCUT2D eigenvalue weighted by Gasteiger charge is -2.18. The van der Waals surface area contributed by atoms with Gasteiger partial charge in [0, 0.05) is 26.3 Å². The summed E-state index contributed by atoms with van der Waals surface area (Å²) in [5.41, 5.74) is 2.36. The fraction of sp³-hybridized carbons (Fsp3) is 0.462. The monoisotopic (exact) mass is 219 g/mol. The second kappa shape index (κ2) is 6.28. The number of pyridine rings is 1. The van der Waals surface area contributed by atoms with Crippen LogP contribution in [0.25, 0.3) is 0 Å². The summed E-state index contributed by atoms with van der Waals surface area (Å²) in [6.07, 6.45) is 1.92. The molecular weight excluding hydrogens is 198 g/mol. The van der Waals surface area contributed by atoms with Crippen molar-refractivity contribution in [2.75, 3.05) is 25.0 Å². The Balaban J connectivity index is 2.59. The van der Waals surface area contributed by atoms with Crippen LogP contribution in [0.5, 0.6) is 0 Å². The summed E-state index contributed by atoms with van der Waals surface area (Å²) in [7, 11) is 2.03. The van der Waals surface area contributed by atoms with E-state index in [4.69, 9.17) is 0 Å². The van der Waals surface area contributed by atoms with E-state index in [1.54, 1.807) is 0 Å². The molecule has 0 fully saturated rings. The minimum Gasteiger partial charge on any atom is -0.356 e. The lowest BCUT2D eigenvalue weighted by molar-refractivity contribution is 0.724. The Morgan fingerprint density at radius 3 is 2.75 bits per heavy atom. The molecule has 1 heterocycles. The highest BCUT2D eigenvalue weighted by atomic mass is 15.2. The first-order valence-electron chi connectivity index (χ1n) is 5.64. The maximum atomic E-state index is 4.43. The zero-order chi connectivity index (χ0) is 12.0. The van der Waals surface area contributed by atoms with Gasteiger partial charge in [0.05, 0.1) is 0 Å². The van der Waals surface area contributed by atoms with Crippen LogP contribution >= 0.6 is 0 Å². The molecule has 1 N–H and O–H groups in total. The SMILES string of the molecule is C=C(C)CN(C)c1ccc(CNCC)cn1. The number of rotatable bonds is 6. The Kier molecular flexibility index (Phi) is 4.99. The van der Waals surface area contributed by atoms with Crippen LogP contribution in [0.4, 0.5) is 5.82 Å². The van der Waals surface area contributed by atoms with Crippen molar-refractivity contribution in [1.29, 1.82) is 0 Å². The molecule has 0 aliphatic heterocycles. The number of hydrogen-bond donors (Lipinski definition) is 1. The van der Waals surface area contributed by atoms with E-state index in [-0.39, 0.29) is 0 Å². The van der Waals surface area contributed by atoms with E-state index in [2.05, 4.69) is 40.8 Å². The molecule has 0 radical (unpaired) electrons. The second-order valence-corrected chi connectivity index (χ2v) is 4.12. The van der Waals surface area contributed by atoms with Crippen molar-refractivity contribution in [2.45, 2.75) is 20.4 Å². The topological polar surface area (TPSA) is 28.2 Å². The third kappa shape index (κ3) is 4.03. The molecule has 1 aromatic rings. The molecule has 0 amide bonds. The quantitative estimate of drug-likeness (QED) is 0.743. The van der Waals surface area contributed by atoms with Gasteiger partial charge in [-0.15, -0.1) is 0 Å². The standard InChI is InChI=1S/C13H21N3/c1-5-14-8-12-6-7-13(15-9-12)16(4)10-11(2)3/h6-7,9,14H,2,5,8,10H2,1,3-4H3. The van der Waals surface area contributed by atoms with Gasteiger partial charge in [0.15, 0.2) is 0 Å². The highest BCUT2D eigenvalue weighted by Gasteiger charge is 2.01. The predicted octanol–water partition coefficient (Wildman–Crippen LogP) is 2.20. The first-order chi connectivity index (χ1) is 7.63. The molecule has 0 spiro atoms. The van der Waals surface area contributed by atoms with Gasteiger partial charge in [-0.3, -0.25) is 0 Å². The smallest absolute Gasteiger partial charge is 0.128 e. The number of anilines is 1. The van der Waals surface area contributed by atoms with Crippen LogP contribution in [0.15, 0.2) is 30.5 Å². The number of likely N-dealkylation sites (N-methyl/N-ethyl adjacent to an activating group) is 1. The van der Waals surface area contributed by atoms with E-state index in [1.807, 2.05) is 20.2 Å². The molecule has 3 nitrogen and oxygen atoms in total. The van der Waals surface area contributed by atoms with E-state index in [0.29, 0.717) is 0 Å². The molecule has 88 valence electrons. The molecule has 0 aromatic carbocycles. The summed E-state index contributed by atoms with van der Waals surface area (Å²) in [4.78, 5) is 6.53. The zero-order valence-corrected chi connectivity index (χ0v) is 10.5. The van der Waals surface area contributed by atoms with Crippen LogP contribution in [-0.4, -0.2) is 25.1 Å². The average Bonchev–Trinajstić information content (AvgIpc) is 2.26. The van der Waals surface area contributed by atoms with Crippen molar-refractivity contribution in [3.05, 3.63) is 36.0 Å². The summed E-state index contributed by atoms with van der Waals surface area (Å²) in [6, 6.07) is 4.16. The number of nitrogens with one attached hydrogen (secondary N) is 1.